The minimum Gasteiger partial charge on any atom is -0.384 e. The fraction of sp³-hybridized carbons (Fsp3) is 0.429. The largest absolute Gasteiger partial charge is 0.384 e. The lowest BCUT2D eigenvalue weighted by Gasteiger charge is -2.11. The highest BCUT2D eigenvalue weighted by Crippen LogP contribution is 2.20. The van der Waals surface area contributed by atoms with Crippen molar-refractivity contribution in [2.45, 2.75) is 33.3 Å². The summed E-state index contributed by atoms with van der Waals surface area (Å²) in [7, 11) is 0. The molecule has 1 aromatic carbocycles. The van der Waals surface area contributed by atoms with Gasteiger partial charge in [0.25, 0.3) is 0 Å². The molecular weight excluding hydrogens is 184 g/mol. The molecule has 1 nitrogen and oxygen atoms in total. The molecule has 0 saturated heterocycles. The highest BCUT2D eigenvalue weighted by Gasteiger charge is 2.07. The van der Waals surface area contributed by atoms with Crippen LogP contribution in [0.5, 0.6) is 0 Å². The van der Waals surface area contributed by atoms with Crippen LogP contribution >= 0.6 is 0 Å². The first-order valence-electron chi connectivity index (χ1n) is 5.43. The molecule has 1 atom stereocenters. The predicted molar refractivity (Wildman–Crippen MR) is 64.8 cm³/mol. The van der Waals surface area contributed by atoms with Crippen molar-refractivity contribution in [2.24, 2.45) is 5.92 Å². The third-order valence-electron chi connectivity index (χ3n) is 2.41. The smallest absolute Gasteiger partial charge is 0.0995 e. The normalized spacial score (nSPS) is 12.9. The molecule has 0 saturated carbocycles. The summed E-state index contributed by atoms with van der Waals surface area (Å²) < 4.78 is 0. The van der Waals surface area contributed by atoms with E-state index in [4.69, 9.17) is 0 Å². The van der Waals surface area contributed by atoms with Crippen molar-refractivity contribution in [2.75, 3.05) is 0 Å². The molecule has 1 N–H and O–H groups in total. The molecule has 0 bridgehead atoms. The second kappa shape index (κ2) is 5.13. The van der Waals surface area contributed by atoms with E-state index in [0.29, 0.717) is 5.92 Å². The summed E-state index contributed by atoms with van der Waals surface area (Å²) in [6, 6.07) is 8.14. The zero-order valence-electron chi connectivity index (χ0n) is 9.83. The van der Waals surface area contributed by atoms with Gasteiger partial charge >= 0.3 is 0 Å². The summed E-state index contributed by atoms with van der Waals surface area (Å²) in [5.41, 5.74) is 3.03. The van der Waals surface area contributed by atoms with E-state index in [-0.39, 0.29) is 0 Å². The molecule has 0 fully saturated rings. The summed E-state index contributed by atoms with van der Waals surface area (Å²) in [4.78, 5) is 0. The highest BCUT2D eigenvalue weighted by molar-refractivity contribution is 5.28. The van der Waals surface area contributed by atoms with Gasteiger partial charge in [0.15, 0.2) is 0 Å². The van der Waals surface area contributed by atoms with Crippen LogP contribution in [0.2, 0.25) is 0 Å². The number of rotatable bonds is 4. The number of aliphatic hydroxyl groups is 1. The standard InChI is InChI=1S/C14H20O/c1-10(2)9-12-5-7-13(8-6-12)14(15)11(3)4/h5-8,10,14-15H,3,9H2,1-2,4H3. The molecule has 1 aromatic rings. The van der Waals surface area contributed by atoms with Crippen LogP contribution in [0.15, 0.2) is 36.4 Å². The van der Waals surface area contributed by atoms with Gasteiger partial charge in [-0.1, -0.05) is 44.7 Å². The van der Waals surface area contributed by atoms with E-state index in [2.05, 4.69) is 32.6 Å². The molecule has 0 heterocycles. The van der Waals surface area contributed by atoms with E-state index in [9.17, 15) is 5.11 Å². The molecule has 0 spiro atoms. The van der Waals surface area contributed by atoms with Gasteiger partial charge in [-0.15, -0.1) is 0 Å². The van der Waals surface area contributed by atoms with E-state index in [0.717, 1.165) is 17.6 Å². The van der Waals surface area contributed by atoms with Crippen molar-refractivity contribution in [3.8, 4) is 0 Å². The van der Waals surface area contributed by atoms with Crippen molar-refractivity contribution in [3.05, 3.63) is 47.5 Å². The minimum atomic E-state index is -0.530. The first kappa shape index (κ1) is 12.0. The Bertz CT molecular complexity index is 322. The van der Waals surface area contributed by atoms with Gasteiger partial charge in [0.05, 0.1) is 6.10 Å². The van der Waals surface area contributed by atoms with E-state index in [1.165, 1.54) is 5.56 Å². The molecule has 0 aromatic heterocycles. The third-order valence-corrected chi connectivity index (χ3v) is 2.41. The van der Waals surface area contributed by atoms with Gasteiger partial charge in [0.2, 0.25) is 0 Å². The van der Waals surface area contributed by atoms with Gasteiger partial charge in [-0.3, -0.25) is 0 Å². The van der Waals surface area contributed by atoms with Crippen LogP contribution in [-0.2, 0) is 6.42 Å². The Kier molecular flexibility index (Phi) is 4.10. The molecule has 82 valence electrons. The monoisotopic (exact) mass is 204 g/mol. The van der Waals surface area contributed by atoms with E-state index < -0.39 is 6.10 Å². The average molecular weight is 204 g/mol. The average Bonchev–Trinajstić information content (AvgIpc) is 2.17. The summed E-state index contributed by atoms with van der Waals surface area (Å²) in [5, 5.41) is 9.77. The fourth-order valence-corrected chi connectivity index (χ4v) is 1.59. The number of hydrogen-bond acceptors (Lipinski definition) is 1. The number of benzene rings is 1. The summed E-state index contributed by atoms with van der Waals surface area (Å²) in [6.07, 6.45) is 0.557. The lowest BCUT2D eigenvalue weighted by molar-refractivity contribution is 0.216. The minimum absolute atomic E-state index is 0.530. The maximum atomic E-state index is 9.77. The molecule has 1 rings (SSSR count). The van der Waals surface area contributed by atoms with Gasteiger partial charge in [-0.25, -0.2) is 0 Å². The third kappa shape index (κ3) is 3.52. The molecule has 1 unspecified atom stereocenters. The molecule has 0 aliphatic rings. The van der Waals surface area contributed by atoms with Gasteiger partial charge in [-0.2, -0.15) is 0 Å². The van der Waals surface area contributed by atoms with Crippen molar-refractivity contribution >= 4 is 0 Å². The first-order chi connectivity index (χ1) is 7.00. The van der Waals surface area contributed by atoms with Crippen LogP contribution in [0.4, 0.5) is 0 Å². The lowest BCUT2D eigenvalue weighted by Crippen LogP contribution is -1.99. The Morgan fingerprint density at radius 3 is 2.20 bits per heavy atom. The van der Waals surface area contributed by atoms with Crippen molar-refractivity contribution in [1.82, 2.24) is 0 Å². The molecule has 15 heavy (non-hydrogen) atoms. The Balaban J connectivity index is 2.76. The summed E-state index contributed by atoms with van der Waals surface area (Å²) >= 11 is 0. The Hall–Kier alpha value is -1.08. The zero-order valence-corrected chi connectivity index (χ0v) is 9.83. The van der Waals surface area contributed by atoms with Gasteiger partial charge < -0.3 is 5.11 Å². The Morgan fingerprint density at radius 1 is 1.27 bits per heavy atom. The van der Waals surface area contributed by atoms with Crippen LogP contribution in [0, 0.1) is 5.92 Å². The van der Waals surface area contributed by atoms with E-state index in [1.54, 1.807) is 0 Å². The number of aliphatic hydroxyl groups excluding tert-OH is 1. The van der Waals surface area contributed by atoms with Crippen molar-refractivity contribution in [1.29, 1.82) is 0 Å². The van der Waals surface area contributed by atoms with E-state index in [1.807, 2.05) is 19.1 Å². The second-order valence-electron chi connectivity index (χ2n) is 4.59. The Labute approximate surface area is 92.5 Å². The van der Waals surface area contributed by atoms with E-state index >= 15 is 0 Å². The van der Waals surface area contributed by atoms with Gasteiger partial charge in [0.1, 0.15) is 0 Å². The molecule has 0 aliphatic heterocycles. The van der Waals surface area contributed by atoms with Crippen LogP contribution in [-0.4, -0.2) is 5.11 Å². The van der Waals surface area contributed by atoms with Crippen LogP contribution in [0.25, 0.3) is 0 Å². The lowest BCUT2D eigenvalue weighted by atomic mass is 9.98. The molecular formula is C14H20O. The van der Waals surface area contributed by atoms with Crippen molar-refractivity contribution in [3.63, 3.8) is 0 Å². The zero-order chi connectivity index (χ0) is 11.4. The molecule has 0 aliphatic carbocycles. The van der Waals surface area contributed by atoms with Crippen LogP contribution in [0.1, 0.15) is 38.0 Å². The summed E-state index contributed by atoms with van der Waals surface area (Å²) in [5.74, 6) is 0.668. The highest BCUT2D eigenvalue weighted by atomic mass is 16.3. The quantitative estimate of drug-likeness (QED) is 0.744. The predicted octanol–water partition coefficient (Wildman–Crippen LogP) is 3.49. The first-order valence-corrected chi connectivity index (χ1v) is 5.43. The van der Waals surface area contributed by atoms with Crippen LogP contribution in [0.3, 0.4) is 0 Å². The Morgan fingerprint density at radius 2 is 1.80 bits per heavy atom. The van der Waals surface area contributed by atoms with Crippen LogP contribution < -0.4 is 0 Å². The maximum Gasteiger partial charge on any atom is 0.0995 e. The van der Waals surface area contributed by atoms with Gasteiger partial charge in [0, 0.05) is 0 Å². The molecule has 1 heteroatoms. The summed E-state index contributed by atoms with van der Waals surface area (Å²) in [6.45, 7) is 10.0. The number of hydrogen-bond donors (Lipinski definition) is 1. The molecule has 0 radical (unpaired) electrons. The second-order valence-corrected chi connectivity index (χ2v) is 4.59. The van der Waals surface area contributed by atoms with Gasteiger partial charge in [-0.05, 0) is 36.0 Å². The maximum absolute atomic E-state index is 9.77. The fourth-order valence-electron chi connectivity index (χ4n) is 1.59. The topological polar surface area (TPSA) is 20.2 Å². The SMILES string of the molecule is C=C(C)C(O)c1ccc(CC(C)C)cc1. The molecule has 0 amide bonds. The van der Waals surface area contributed by atoms with Crippen molar-refractivity contribution < 1.29 is 5.11 Å².